The first-order valence-electron chi connectivity index (χ1n) is 9.77. The highest BCUT2D eigenvalue weighted by atomic mass is 32.1. The Labute approximate surface area is 174 Å². The van der Waals surface area contributed by atoms with Gasteiger partial charge in [-0.15, -0.1) is 11.3 Å². The number of carbonyl (C=O) groups is 1. The van der Waals surface area contributed by atoms with Crippen LogP contribution in [0.5, 0.6) is 5.75 Å². The molecule has 0 fully saturated rings. The van der Waals surface area contributed by atoms with Gasteiger partial charge in [-0.3, -0.25) is 4.79 Å². The van der Waals surface area contributed by atoms with Crippen LogP contribution in [0.2, 0.25) is 0 Å². The van der Waals surface area contributed by atoms with Crippen molar-refractivity contribution in [3.8, 4) is 5.75 Å². The van der Waals surface area contributed by atoms with Crippen LogP contribution in [0.25, 0.3) is 0 Å². The number of rotatable bonds is 3. The lowest BCUT2D eigenvalue weighted by Gasteiger charge is -2.32. The van der Waals surface area contributed by atoms with E-state index in [-0.39, 0.29) is 23.7 Å². The van der Waals surface area contributed by atoms with E-state index in [1.807, 2.05) is 36.4 Å². The largest absolute Gasteiger partial charge is 0.497 e. The molecule has 5 rings (SSSR count). The number of nitrogens with one attached hydrogen (secondary N) is 2. The molecule has 3 atom stereocenters. The van der Waals surface area contributed by atoms with Gasteiger partial charge in [-0.2, -0.15) is 0 Å². The molecular formula is C24H22N2O2S. The van der Waals surface area contributed by atoms with Gasteiger partial charge in [-0.25, -0.2) is 0 Å². The molecule has 5 heteroatoms. The summed E-state index contributed by atoms with van der Waals surface area (Å²) in [6.07, 6.45) is 2.72. The number of ether oxygens (including phenoxy) is 1. The minimum absolute atomic E-state index is 0.0330. The van der Waals surface area contributed by atoms with Gasteiger partial charge in [-0.1, -0.05) is 36.4 Å². The topological polar surface area (TPSA) is 50.4 Å². The summed E-state index contributed by atoms with van der Waals surface area (Å²) in [5, 5.41) is 9.26. The third-order valence-electron chi connectivity index (χ3n) is 5.71. The summed E-state index contributed by atoms with van der Waals surface area (Å²) in [6.45, 7) is 0. The molecule has 0 saturated heterocycles. The van der Waals surface area contributed by atoms with E-state index in [0.29, 0.717) is 6.42 Å². The molecular weight excluding hydrogens is 380 g/mol. The predicted octanol–water partition coefficient (Wildman–Crippen LogP) is 5.59. The molecule has 29 heavy (non-hydrogen) atoms. The van der Waals surface area contributed by atoms with E-state index in [4.69, 9.17) is 4.74 Å². The molecule has 0 spiro atoms. The van der Waals surface area contributed by atoms with Gasteiger partial charge in [0.25, 0.3) is 0 Å². The van der Waals surface area contributed by atoms with E-state index in [1.165, 1.54) is 4.88 Å². The molecule has 146 valence electrons. The second-order valence-corrected chi connectivity index (χ2v) is 8.44. The number of methoxy groups -OCH3 is 1. The van der Waals surface area contributed by atoms with Crippen molar-refractivity contribution in [1.82, 2.24) is 0 Å². The number of hydrogen-bond acceptors (Lipinski definition) is 5. The number of ketones is 1. The third-order valence-corrected chi connectivity index (χ3v) is 6.66. The molecule has 1 aliphatic carbocycles. The molecule has 1 aliphatic heterocycles. The number of Topliss-reactive ketones (excluding diaryl/α,β-unsaturated/α-hetero) is 1. The van der Waals surface area contributed by atoms with Crippen molar-refractivity contribution >= 4 is 28.5 Å². The molecule has 2 aromatic carbocycles. The van der Waals surface area contributed by atoms with Crippen molar-refractivity contribution in [2.24, 2.45) is 5.92 Å². The molecule has 0 radical (unpaired) electrons. The average molecular weight is 403 g/mol. The van der Waals surface area contributed by atoms with Gasteiger partial charge in [0.15, 0.2) is 0 Å². The van der Waals surface area contributed by atoms with Crippen molar-refractivity contribution in [2.75, 3.05) is 17.7 Å². The summed E-state index contributed by atoms with van der Waals surface area (Å²) in [7, 11) is 1.67. The van der Waals surface area contributed by atoms with Gasteiger partial charge in [0, 0.05) is 22.9 Å². The van der Waals surface area contributed by atoms with Gasteiger partial charge in [0.05, 0.1) is 30.4 Å². The summed E-state index contributed by atoms with van der Waals surface area (Å²) in [5.41, 5.74) is 4.10. The first-order chi connectivity index (χ1) is 14.2. The van der Waals surface area contributed by atoms with Crippen LogP contribution in [0.4, 0.5) is 11.4 Å². The van der Waals surface area contributed by atoms with Gasteiger partial charge in [0.2, 0.25) is 0 Å². The number of fused-ring (bicyclic) bond motifs is 2. The second kappa shape index (κ2) is 7.41. The fourth-order valence-electron chi connectivity index (χ4n) is 4.30. The predicted molar refractivity (Wildman–Crippen MR) is 118 cm³/mol. The molecule has 0 saturated carbocycles. The second-order valence-electron chi connectivity index (χ2n) is 7.46. The first-order valence-corrected chi connectivity index (χ1v) is 10.7. The molecule has 2 aliphatic rings. The fourth-order valence-corrected chi connectivity index (χ4v) is 5.11. The zero-order chi connectivity index (χ0) is 19.8. The fraction of sp³-hybridized carbons (Fsp3) is 0.208. The Bertz CT molecular complexity index is 1070. The maximum absolute atomic E-state index is 13.4. The number of thiophene rings is 1. The number of allylic oxidation sites excluding steroid dienone is 1. The molecule has 0 bridgehead atoms. The monoisotopic (exact) mass is 402 g/mol. The molecule has 2 N–H and O–H groups in total. The van der Waals surface area contributed by atoms with Crippen LogP contribution in [0.15, 0.2) is 77.8 Å². The lowest BCUT2D eigenvalue weighted by atomic mass is 9.78. The van der Waals surface area contributed by atoms with Crippen LogP contribution < -0.4 is 15.4 Å². The Balaban J connectivity index is 1.60. The lowest BCUT2D eigenvalue weighted by molar-refractivity contribution is -0.122. The Morgan fingerprint density at radius 1 is 1.03 bits per heavy atom. The van der Waals surface area contributed by atoms with Crippen molar-refractivity contribution in [3.63, 3.8) is 0 Å². The molecule has 3 aromatic rings. The number of benzene rings is 2. The maximum Gasteiger partial charge on any atom is 0.145 e. The summed E-state index contributed by atoms with van der Waals surface area (Å²) >= 11 is 1.69. The zero-order valence-corrected chi connectivity index (χ0v) is 16.9. The SMILES string of the molecule is COc1cccc(C2C=C3Nc4ccccc4NC(c4cccs4)C3C(=O)C2)c1. The Morgan fingerprint density at radius 2 is 1.90 bits per heavy atom. The summed E-state index contributed by atoms with van der Waals surface area (Å²) in [6, 6.07) is 20.2. The van der Waals surface area contributed by atoms with Crippen molar-refractivity contribution in [2.45, 2.75) is 18.4 Å². The quantitative estimate of drug-likeness (QED) is 0.599. The number of hydrogen-bond donors (Lipinski definition) is 2. The Morgan fingerprint density at radius 3 is 2.69 bits per heavy atom. The van der Waals surface area contributed by atoms with Crippen LogP contribution in [-0.4, -0.2) is 12.9 Å². The van der Waals surface area contributed by atoms with Crippen molar-refractivity contribution in [1.29, 1.82) is 0 Å². The maximum atomic E-state index is 13.4. The Hall–Kier alpha value is -3.05. The highest BCUT2D eigenvalue weighted by molar-refractivity contribution is 7.10. The standard InChI is InChI=1S/C24H22N2O2S/c1-28-17-7-4-6-15(12-17)16-13-20-23(21(27)14-16)24(22-10-5-11-29-22)26-19-9-3-2-8-18(19)25-20/h2-13,16,23-26H,14H2,1H3. The lowest BCUT2D eigenvalue weighted by Crippen LogP contribution is -2.33. The summed E-state index contributed by atoms with van der Waals surface area (Å²) in [4.78, 5) is 14.6. The van der Waals surface area contributed by atoms with Crippen LogP contribution >= 0.6 is 11.3 Å². The smallest absolute Gasteiger partial charge is 0.145 e. The molecule has 3 unspecified atom stereocenters. The molecule has 1 aromatic heterocycles. The summed E-state index contributed by atoms with van der Waals surface area (Å²) in [5.74, 6) is 0.864. The van der Waals surface area contributed by atoms with Gasteiger partial charge < -0.3 is 15.4 Å². The van der Waals surface area contributed by atoms with E-state index >= 15 is 0 Å². The highest BCUT2D eigenvalue weighted by Gasteiger charge is 2.40. The van der Waals surface area contributed by atoms with E-state index in [9.17, 15) is 4.79 Å². The van der Waals surface area contributed by atoms with Crippen LogP contribution in [0, 0.1) is 5.92 Å². The highest BCUT2D eigenvalue weighted by Crippen LogP contribution is 2.45. The van der Waals surface area contributed by atoms with Crippen LogP contribution in [0.1, 0.15) is 28.8 Å². The molecule has 2 heterocycles. The number of carbonyl (C=O) groups excluding carboxylic acids is 1. The normalized spacial score (nSPS) is 23.0. The average Bonchev–Trinajstić information content (AvgIpc) is 3.22. The van der Waals surface area contributed by atoms with E-state index in [2.05, 4.69) is 46.4 Å². The minimum atomic E-state index is -0.233. The Kier molecular flexibility index (Phi) is 4.60. The van der Waals surface area contributed by atoms with Gasteiger partial charge in [0.1, 0.15) is 11.5 Å². The van der Waals surface area contributed by atoms with E-state index in [0.717, 1.165) is 28.4 Å². The van der Waals surface area contributed by atoms with E-state index in [1.54, 1.807) is 18.4 Å². The van der Waals surface area contributed by atoms with Gasteiger partial charge in [-0.05, 0) is 41.3 Å². The number of anilines is 2. The van der Waals surface area contributed by atoms with Crippen molar-refractivity contribution < 1.29 is 9.53 Å². The van der Waals surface area contributed by atoms with E-state index < -0.39 is 0 Å². The van der Waals surface area contributed by atoms with Crippen LogP contribution in [0.3, 0.4) is 0 Å². The first kappa shape index (κ1) is 18.0. The number of para-hydroxylation sites is 2. The van der Waals surface area contributed by atoms with Crippen molar-refractivity contribution in [3.05, 3.63) is 88.3 Å². The minimum Gasteiger partial charge on any atom is -0.497 e. The molecule has 4 nitrogen and oxygen atoms in total. The van der Waals surface area contributed by atoms with Gasteiger partial charge >= 0.3 is 0 Å². The third kappa shape index (κ3) is 3.32. The summed E-state index contributed by atoms with van der Waals surface area (Å²) < 4.78 is 5.38. The zero-order valence-electron chi connectivity index (χ0n) is 16.1. The molecule has 0 amide bonds. The van der Waals surface area contributed by atoms with Crippen LogP contribution in [-0.2, 0) is 4.79 Å².